The molecule has 2 nitrogen and oxygen atoms in total. The number of hydrogen-bond donors (Lipinski definition) is 0. The molecule has 0 amide bonds. The molecule has 0 aliphatic heterocycles. The van der Waals surface area contributed by atoms with Gasteiger partial charge in [-0.05, 0) is 48.4 Å². The second kappa shape index (κ2) is 3.44. The molecule has 0 saturated carbocycles. The Morgan fingerprint density at radius 1 is 1.12 bits per heavy atom. The fraction of sp³-hybridized carbons (Fsp3) is 0.308. The highest BCUT2D eigenvalue weighted by molar-refractivity contribution is 5.85. The van der Waals surface area contributed by atoms with E-state index in [-0.39, 0.29) is 11.4 Å². The van der Waals surface area contributed by atoms with E-state index in [0.29, 0.717) is 5.39 Å². The van der Waals surface area contributed by atoms with E-state index in [1.165, 1.54) is 18.2 Å². The zero-order valence-corrected chi connectivity index (χ0v) is 8.75. The molecule has 0 saturated heterocycles. The Morgan fingerprint density at radius 2 is 1.94 bits per heavy atom. The number of halogens is 1. The normalized spacial score (nSPS) is 15.1. The Labute approximate surface area is 91.7 Å². The average Bonchev–Trinajstić information content (AvgIpc) is 2.29. The minimum Gasteiger partial charge on any atom is -0.427 e. The van der Waals surface area contributed by atoms with Crippen LogP contribution >= 0.6 is 0 Å². The monoisotopic (exact) mass is 218 g/mol. The van der Waals surface area contributed by atoms with E-state index < -0.39 is 0 Å². The summed E-state index contributed by atoms with van der Waals surface area (Å²) in [7, 11) is 0. The van der Waals surface area contributed by atoms with Crippen LogP contribution in [0, 0.1) is 5.82 Å². The number of fused-ring (bicyclic) bond motifs is 3. The van der Waals surface area contributed by atoms with Gasteiger partial charge in [0.05, 0.1) is 5.39 Å². The van der Waals surface area contributed by atoms with Crippen LogP contribution in [0.1, 0.15) is 24.2 Å². The van der Waals surface area contributed by atoms with Gasteiger partial charge in [0.2, 0.25) is 0 Å². The molecule has 0 radical (unpaired) electrons. The van der Waals surface area contributed by atoms with Gasteiger partial charge in [-0.2, -0.15) is 0 Å². The van der Waals surface area contributed by atoms with Gasteiger partial charge in [-0.25, -0.2) is 9.18 Å². The molecule has 1 heterocycles. The number of benzene rings is 1. The summed E-state index contributed by atoms with van der Waals surface area (Å²) in [5.41, 5.74) is 0.663. The van der Waals surface area contributed by atoms with Crippen molar-refractivity contribution in [3.8, 4) is 0 Å². The molecule has 16 heavy (non-hydrogen) atoms. The van der Waals surface area contributed by atoms with E-state index in [1.807, 2.05) is 0 Å². The van der Waals surface area contributed by atoms with Crippen LogP contribution in [0.25, 0.3) is 10.8 Å². The zero-order valence-electron chi connectivity index (χ0n) is 8.75. The maximum absolute atomic E-state index is 13.2. The third kappa shape index (κ3) is 1.35. The van der Waals surface area contributed by atoms with E-state index in [9.17, 15) is 9.18 Å². The van der Waals surface area contributed by atoms with Crippen molar-refractivity contribution in [2.24, 2.45) is 0 Å². The van der Waals surface area contributed by atoms with Gasteiger partial charge in [-0.15, -0.1) is 0 Å². The molecule has 3 heteroatoms. The highest BCUT2D eigenvalue weighted by atomic mass is 19.1. The summed E-state index contributed by atoms with van der Waals surface area (Å²) in [6, 6.07) is 4.25. The van der Waals surface area contributed by atoms with Crippen molar-refractivity contribution in [2.75, 3.05) is 0 Å². The first-order valence-corrected chi connectivity index (χ1v) is 5.50. The highest BCUT2D eigenvalue weighted by Crippen LogP contribution is 2.27. The maximum Gasteiger partial charge on any atom is 0.343 e. The summed E-state index contributed by atoms with van der Waals surface area (Å²) >= 11 is 0. The predicted octanol–water partition coefficient (Wildman–Crippen LogP) is 2.81. The van der Waals surface area contributed by atoms with Crippen LogP contribution in [0.5, 0.6) is 0 Å². The standard InChI is InChI=1S/C13H11FO2/c14-8-5-6-10-11(7-8)9-3-1-2-4-12(9)16-13(10)15/h5-7H,1-4H2. The van der Waals surface area contributed by atoms with E-state index in [2.05, 4.69) is 0 Å². The molecule has 3 rings (SSSR count). The van der Waals surface area contributed by atoms with Crippen LogP contribution in [0.15, 0.2) is 27.4 Å². The van der Waals surface area contributed by atoms with Crippen molar-refractivity contribution in [3.63, 3.8) is 0 Å². The first kappa shape index (κ1) is 9.58. The van der Waals surface area contributed by atoms with Crippen molar-refractivity contribution in [1.29, 1.82) is 0 Å². The van der Waals surface area contributed by atoms with Gasteiger partial charge in [0.1, 0.15) is 11.6 Å². The molecule has 0 fully saturated rings. The van der Waals surface area contributed by atoms with Crippen LogP contribution < -0.4 is 5.63 Å². The van der Waals surface area contributed by atoms with Gasteiger partial charge in [0.15, 0.2) is 0 Å². The van der Waals surface area contributed by atoms with E-state index in [1.54, 1.807) is 0 Å². The summed E-state index contributed by atoms with van der Waals surface area (Å²) < 4.78 is 18.5. The average molecular weight is 218 g/mol. The third-order valence-corrected chi connectivity index (χ3v) is 3.16. The van der Waals surface area contributed by atoms with Crippen molar-refractivity contribution in [1.82, 2.24) is 0 Å². The van der Waals surface area contributed by atoms with E-state index >= 15 is 0 Å². The summed E-state index contributed by atoms with van der Waals surface area (Å²) in [5.74, 6) is 0.445. The number of rotatable bonds is 0. The number of hydrogen-bond acceptors (Lipinski definition) is 2. The van der Waals surface area contributed by atoms with E-state index in [0.717, 1.165) is 42.4 Å². The van der Waals surface area contributed by atoms with Gasteiger partial charge in [0.25, 0.3) is 0 Å². The molecule has 1 aliphatic carbocycles. The molecule has 0 unspecified atom stereocenters. The molecule has 2 aromatic rings. The lowest BCUT2D eigenvalue weighted by Gasteiger charge is -2.15. The molecule has 1 aliphatic rings. The summed E-state index contributed by atoms with van der Waals surface area (Å²) in [6.07, 6.45) is 3.78. The molecular weight excluding hydrogens is 207 g/mol. The zero-order chi connectivity index (χ0) is 11.1. The fourth-order valence-electron chi connectivity index (χ4n) is 2.39. The predicted molar refractivity (Wildman–Crippen MR) is 59.1 cm³/mol. The van der Waals surface area contributed by atoms with Crippen LogP contribution in [-0.2, 0) is 12.8 Å². The molecule has 0 spiro atoms. The first-order chi connectivity index (χ1) is 7.75. The minimum absolute atomic E-state index is 0.300. The Kier molecular flexibility index (Phi) is 2.06. The quantitative estimate of drug-likeness (QED) is 0.680. The fourth-order valence-corrected chi connectivity index (χ4v) is 2.39. The van der Waals surface area contributed by atoms with Gasteiger partial charge in [-0.1, -0.05) is 0 Å². The van der Waals surface area contributed by atoms with Crippen molar-refractivity contribution in [3.05, 3.63) is 45.8 Å². The Hall–Kier alpha value is -1.64. The lowest BCUT2D eigenvalue weighted by Crippen LogP contribution is -2.10. The van der Waals surface area contributed by atoms with Gasteiger partial charge < -0.3 is 4.42 Å². The molecule has 0 atom stereocenters. The Morgan fingerprint density at radius 3 is 2.81 bits per heavy atom. The second-order valence-electron chi connectivity index (χ2n) is 4.19. The van der Waals surface area contributed by atoms with Gasteiger partial charge in [0, 0.05) is 6.42 Å². The van der Waals surface area contributed by atoms with Crippen LogP contribution in [0.2, 0.25) is 0 Å². The lowest BCUT2D eigenvalue weighted by molar-refractivity contribution is 0.436. The molecule has 82 valence electrons. The highest BCUT2D eigenvalue weighted by Gasteiger charge is 2.17. The van der Waals surface area contributed by atoms with Gasteiger partial charge in [-0.3, -0.25) is 0 Å². The maximum atomic E-state index is 13.2. The molecule has 0 bridgehead atoms. The largest absolute Gasteiger partial charge is 0.427 e. The molecular formula is C13H11FO2. The second-order valence-corrected chi connectivity index (χ2v) is 4.19. The third-order valence-electron chi connectivity index (χ3n) is 3.16. The lowest BCUT2D eigenvalue weighted by atomic mass is 9.93. The molecule has 1 aromatic heterocycles. The van der Waals surface area contributed by atoms with Gasteiger partial charge >= 0.3 is 5.63 Å². The Balaban J connectivity index is 2.44. The van der Waals surface area contributed by atoms with Crippen molar-refractivity contribution < 1.29 is 8.81 Å². The molecule has 1 aromatic carbocycles. The van der Waals surface area contributed by atoms with Crippen LogP contribution in [-0.4, -0.2) is 0 Å². The van der Waals surface area contributed by atoms with E-state index in [4.69, 9.17) is 4.42 Å². The summed E-state index contributed by atoms with van der Waals surface area (Å²) in [5, 5.41) is 1.22. The number of aryl methyl sites for hydroxylation is 2. The summed E-state index contributed by atoms with van der Waals surface area (Å²) in [6.45, 7) is 0. The minimum atomic E-state index is -0.351. The van der Waals surface area contributed by atoms with Crippen LogP contribution in [0.4, 0.5) is 4.39 Å². The Bertz CT molecular complexity index is 613. The molecule has 0 N–H and O–H groups in total. The van der Waals surface area contributed by atoms with Crippen molar-refractivity contribution >= 4 is 10.8 Å². The topological polar surface area (TPSA) is 30.2 Å². The SMILES string of the molecule is O=c1oc2c(c3cc(F)ccc13)CCCC2. The smallest absolute Gasteiger partial charge is 0.343 e. The van der Waals surface area contributed by atoms with Crippen molar-refractivity contribution in [2.45, 2.75) is 25.7 Å². The first-order valence-electron chi connectivity index (χ1n) is 5.50. The summed E-state index contributed by atoms with van der Waals surface area (Å²) in [4.78, 5) is 11.7. The van der Waals surface area contributed by atoms with Crippen LogP contribution in [0.3, 0.4) is 0 Å².